The van der Waals surface area contributed by atoms with Gasteiger partial charge >= 0.3 is 6.09 Å². The molecule has 0 spiro atoms. The Morgan fingerprint density at radius 1 is 1.53 bits per heavy atom. The van der Waals surface area contributed by atoms with E-state index >= 15 is 0 Å². The lowest BCUT2D eigenvalue weighted by molar-refractivity contribution is 0.115. The van der Waals surface area contributed by atoms with Gasteiger partial charge in [0.2, 0.25) is 0 Å². The van der Waals surface area contributed by atoms with Crippen LogP contribution in [-0.2, 0) is 4.74 Å². The Labute approximate surface area is 91.8 Å². The number of carbonyl (C=O) groups is 1. The van der Waals surface area contributed by atoms with E-state index in [4.69, 9.17) is 16.3 Å². The third-order valence-corrected chi connectivity index (χ3v) is 2.63. The number of carbonyl (C=O) groups excluding carboxylic acids is 1. The zero-order chi connectivity index (χ0) is 10.8. The molecule has 0 aliphatic carbocycles. The summed E-state index contributed by atoms with van der Waals surface area (Å²) in [6.07, 6.45) is 0.158. The highest BCUT2D eigenvalue weighted by Gasteiger charge is 2.23. The Morgan fingerprint density at radius 3 is 3.07 bits per heavy atom. The first-order valence-electron chi connectivity index (χ1n) is 4.59. The highest BCUT2D eigenvalue weighted by atomic mass is 35.5. The number of hydrogen-bond acceptors (Lipinski definition) is 3. The molecule has 1 aliphatic rings. The lowest BCUT2D eigenvalue weighted by Gasteiger charge is -2.24. The minimum absolute atomic E-state index is 0.0198. The standard InChI is InChI=1S/C10H10ClNO3/c11-7-3-1-2-6(9(7)13)8-4-5-15-10(14)12-8/h1-3,8,13H,4-5H2,(H,12,14)/t8-/m0/s1. The van der Waals surface area contributed by atoms with Gasteiger partial charge in [-0.05, 0) is 6.07 Å². The van der Waals surface area contributed by atoms with Gasteiger partial charge in [-0.1, -0.05) is 23.7 Å². The van der Waals surface area contributed by atoms with E-state index in [0.717, 1.165) is 0 Å². The van der Waals surface area contributed by atoms with Gasteiger partial charge in [-0.15, -0.1) is 0 Å². The van der Waals surface area contributed by atoms with Gasteiger partial charge in [-0.2, -0.15) is 0 Å². The maximum Gasteiger partial charge on any atom is 0.407 e. The first-order chi connectivity index (χ1) is 7.18. The lowest BCUT2D eigenvalue weighted by atomic mass is 10.0. The number of benzene rings is 1. The molecule has 1 saturated heterocycles. The van der Waals surface area contributed by atoms with Crippen molar-refractivity contribution in [2.45, 2.75) is 12.5 Å². The Bertz CT molecular complexity index is 394. The van der Waals surface area contributed by atoms with Crippen molar-refractivity contribution in [2.24, 2.45) is 0 Å². The number of nitrogens with one attached hydrogen (secondary N) is 1. The van der Waals surface area contributed by atoms with Gasteiger partial charge in [-0.25, -0.2) is 4.79 Å². The molecule has 0 bridgehead atoms. The van der Waals surface area contributed by atoms with E-state index in [0.29, 0.717) is 18.6 Å². The zero-order valence-corrected chi connectivity index (χ0v) is 8.62. The predicted octanol–water partition coefficient (Wildman–Crippen LogP) is 2.22. The maximum absolute atomic E-state index is 11.0. The molecule has 1 aromatic rings. The van der Waals surface area contributed by atoms with E-state index in [2.05, 4.69) is 5.32 Å². The third kappa shape index (κ3) is 1.99. The molecule has 1 aromatic carbocycles. The largest absolute Gasteiger partial charge is 0.506 e. The van der Waals surface area contributed by atoms with E-state index < -0.39 is 6.09 Å². The van der Waals surface area contributed by atoms with Crippen LogP contribution in [0.5, 0.6) is 5.75 Å². The minimum atomic E-state index is -0.467. The van der Waals surface area contributed by atoms with Gasteiger partial charge in [0.25, 0.3) is 0 Å². The van der Waals surface area contributed by atoms with Crippen molar-refractivity contribution < 1.29 is 14.6 Å². The average Bonchev–Trinajstić information content (AvgIpc) is 2.22. The second-order valence-corrected chi connectivity index (χ2v) is 3.71. The number of phenolic OH excluding ortho intramolecular Hbond substituents is 1. The molecule has 2 N–H and O–H groups in total. The predicted molar refractivity (Wildman–Crippen MR) is 55.0 cm³/mol. The van der Waals surface area contributed by atoms with Crippen LogP contribution in [0.25, 0.3) is 0 Å². The van der Waals surface area contributed by atoms with Crippen molar-refractivity contribution in [3.63, 3.8) is 0 Å². The monoisotopic (exact) mass is 227 g/mol. The van der Waals surface area contributed by atoms with E-state index in [9.17, 15) is 9.90 Å². The zero-order valence-electron chi connectivity index (χ0n) is 7.87. The van der Waals surface area contributed by atoms with Gasteiger partial charge in [-0.3, -0.25) is 0 Å². The summed E-state index contributed by atoms with van der Waals surface area (Å²) in [6, 6.07) is 4.84. The molecule has 1 heterocycles. The van der Waals surface area contributed by atoms with E-state index in [1.54, 1.807) is 18.2 Å². The van der Waals surface area contributed by atoms with Crippen molar-refractivity contribution in [3.05, 3.63) is 28.8 Å². The smallest absolute Gasteiger partial charge is 0.407 e. The topological polar surface area (TPSA) is 58.6 Å². The number of rotatable bonds is 1. The van der Waals surface area contributed by atoms with Gasteiger partial charge in [0, 0.05) is 12.0 Å². The van der Waals surface area contributed by atoms with Crippen molar-refractivity contribution in [1.29, 1.82) is 0 Å². The number of aromatic hydroxyl groups is 1. The van der Waals surface area contributed by atoms with Crippen LogP contribution in [0.4, 0.5) is 4.79 Å². The number of ether oxygens (including phenoxy) is 1. The first-order valence-corrected chi connectivity index (χ1v) is 4.97. The van der Waals surface area contributed by atoms with Crippen LogP contribution in [0.3, 0.4) is 0 Å². The molecule has 0 aromatic heterocycles. The number of alkyl carbamates (subject to hydrolysis) is 1. The highest BCUT2D eigenvalue weighted by Crippen LogP contribution is 2.33. The normalized spacial score (nSPS) is 20.6. The molecule has 0 saturated carbocycles. The van der Waals surface area contributed by atoms with Crippen LogP contribution in [0.1, 0.15) is 18.0 Å². The highest BCUT2D eigenvalue weighted by molar-refractivity contribution is 6.32. The summed E-state index contributed by atoms with van der Waals surface area (Å²) in [7, 11) is 0. The SMILES string of the molecule is O=C1N[C@H](c2cccc(Cl)c2O)CCO1. The van der Waals surface area contributed by atoms with Crippen LogP contribution in [0.15, 0.2) is 18.2 Å². The summed E-state index contributed by atoms with van der Waals surface area (Å²) in [6.45, 7) is 0.350. The maximum atomic E-state index is 11.0. The van der Waals surface area contributed by atoms with Crippen LogP contribution in [-0.4, -0.2) is 17.8 Å². The summed E-state index contributed by atoms with van der Waals surface area (Å²) in [4.78, 5) is 11.0. The second kappa shape index (κ2) is 3.98. The van der Waals surface area contributed by atoms with Crippen molar-refractivity contribution >= 4 is 17.7 Å². The van der Waals surface area contributed by atoms with Gasteiger partial charge < -0.3 is 15.2 Å². The summed E-state index contributed by atoms with van der Waals surface area (Å²) >= 11 is 5.78. The Hall–Kier alpha value is -1.42. The molecule has 15 heavy (non-hydrogen) atoms. The van der Waals surface area contributed by atoms with E-state index in [1.807, 2.05) is 0 Å². The summed E-state index contributed by atoms with van der Waals surface area (Å²) in [5.74, 6) is 0.0198. The number of para-hydroxylation sites is 1. The van der Waals surface area contributed by atoms with Crippen molar-refractivity contribution in [3.8, 4) is 5.75 Å². The molecule has 0 unspecified atom stereocenters. The number of amides is 1. The van der Waals surface area contributed by atoms with E-state index in [1.165, 1.54) is 0 Å². The van der Waals surface area contributed by atoms with Gasteiger partial charge in [0.05, 0.1) is 17.7 Å². The Kier molecular flexibility index (Phi) is 2.68. The lowest BCUT2D eigenvalue weighted by Crippen LogP contribution is -2.35. The molecule has 1 atom stereocenters. The van der Waals surface area contributed by atoms with Crippen LogP contribution < -0.4 is 5.32 Å². The van der Waals surface area contributed by atoms with Crippen LogP contribution >= 0.6 is 11.6 Å². The molecule has 1 amide bonds. The molecule has 4 nitrogen and oxygen atoms in total. The molecule has 2 rings (SSSR count). The number of cyclic esters (lactones) is 1. The van der Waals surface area contributed by atoms with E-state index in [-0.39, 0.29) is 16.8 Å². The number of hydrogen-bond donors (Lipinski definition) is 2. The first kappa shape index (κ1) is 10.1. The average molecular weight is 228 g/mol. The Morgan fingerprint density at radius 2 is 2.33 bits per heavy atom. The van der Waals surface area contributed by atoms with Gasteiger partial charge in [0.15, 0.2) is 0 Å². The third-order valence-electron chi connectivity index (χ3n) is 2.33. The van der Waals surface area contributed by atoms with Gasteiger partial charge in [0.1, 0.15) is 5.75 Å². The fourth-order valence-electron chi connectivity index (χ4n) is 1.57. The molecule has 0 radical (unpaired) electrons. The molecule has 80 valence electrons. The minimum Gasteiger partial charge on any atom is -0.506 e. The van der Waals surface area contributed by atoms with Crippen LogP contribution in [0.2, 0.25) is 5.02 Å². The molecular weight excluding hydrogens is 218 g/mol. The molecule has 1 fully saturated rings. The molecular formula is C10H10ClNO3. The molecule has 5 heteroatoms. The summed E-state index contributed by atoms with van der Waals surface area (Å²) in [5, 5.41) is 12.6. The fraction of sp³-hybridized carbons (Fsp3) is 0.300. The fourth-order valence-corrected chi connectivity index (χ4v) is 1.75. The van der Waals surface area contributed by atoms with Crippen LogP contribution in [0, 0.1) is 0 Å². The second-order valence-electron chi connectivity index (χ2n) is 3.30. The number of halogens is 1. The summed E-state index contributed by atoms with van der Waals surface area (Å²) < 4.78 is 4.74. The van der Waals surface area contributed by atoms with Crippen molar-refractivity contribution in [1.82, 2.24) is 5.32 Å². The quantitative estimate of drug-likeness (QED) is 0.774. The van der Waals surface area contributed by atoms with Crippen molar-refractivity contribution in [2.75, 3.05) is 6.61 Å². The molecule has 1 aliphatic heterocycles. The summed E-state index contributed by atoms with van der Waals surface area (Å²) in [5.41, 5.74) is 0.624. The number of phenols is 1. The Balaban J connectivity index is 2.28.